The van der Waals surface area contributed by atoms with Crippen LogP contribution in [-0.2, 0) is 22.4 Å². The molecule has 0 N–H and O–H groups in total. The fourth-order valence-corrected chi connectivity index (χ4v) is 2.31. The van der Waals surface area contributed by atoms with Crippen LogP contribution in [0.3, 0.4) is 0 Å². The Kier molecular flexibility index (Phi) is 3.74. The van der Waals surface area contributed by atoms with Crippen molar-refractivity contribution in [3.05, 3.63) is 23.3 Å². The average Bonchev–Trinajstić information content (AvgIpc) is 2.54. The Balaban J connectivity index is 2.39. The molecule has 102 valence electrons. The third-order valence-corrected chi connectivity index (χ3v) is 3.33. The van der Waals surface area contributed by atoms with E-state index in [4.69, 9.17) is 9.47 Å². The molecule has 1 aliphatic heterocycles. The summed E-state index contributed by atoms with van der Waals surface area (Å²) in [7, 11) is 3.14. The Morgan fingerprint density at radius 2 is 1.74 bits per heavy atom. The smallest absolute Gasteiger partial charge is 0.233 e. The van der Waals surface area contributed by atoms with Crippen LogP contribution in [-0.4, -0.2) is 37.5 Å². The first-order valence-corrected chi connectivity index (χ1v) is 6.11. The van der Waals surface area contributed by atoms with Gasteiger partial charge in [0.15, 0.2) is 11.5 Å². The monoisotopic (exact) mass is 263 g/mol. The van der Waals surface area contributed by atoms with Crippen molar-refractivity contribution in [2.24, 2.45) is 0 Å². The van der Waals surface area contributed by atoms with Gasteiger partial charge in [0.25, 0.3) is 0 Å². The number of imide groups is 1. The maximum atomic E-state index is 12.0. The van der Waals surface area contributed by atoms with E-state index in [1.165, 1.54) is 11.8 Å². The van der Waals surface area contributed by atoms with Gasteiger partial charge in [0.2, 0.25) is 11.8 Å². The van der Waals surface area contributed by atoms with Gasteiger partial charge in [-0.15, -0.1) is 0 Å². The summed E-state index contributed by atoms with van der Waals surface area (Å²) < 4.78 is 10.5. The summed E-state index contributed by atoms with van der Waals surface area (Å²) >= 11 is 0. The van der Waals surface area contributed by atoms with Crippen molar-refractivity contribution in [3.63, 3.8) is 0 Å². The van der Waals surface area contributed by atoms with Crippen molar-refractivity contribution in [1.82, 2.24) is 4.90 Å². The van der Waals surface area contributed by atoms with Crippen LogP contribution < -0.4 is 9.47 Å². The molecule has 1 aliphatic rings. The number of fused-ring (bicyclic) bond motifs is 1. The lowest BCUT2D eigenvalue weighted by atomic mass is 10.0. The van der Waals surface area contributed by atoms with Crippen LogP contribution in [0.2, 0.25) is 0 Å². The zero-order chi connectivity index (χ0) is 14.0. The Labute approximate surface area is 112 Å². The summed E-state index contributed by atoms with van der Waals surface area (Å²) in [6, 6.07) is 3.70. The molecule has 0 unspecified atom stereocenters. The molecule has 1 aromatic carbocycles. The van der Waals surface area contributed by atoms with Crippen LogP contribution >= 0.6 is 0 Å². The molecule has 5 nitrogen and oxygen atoms in total. The van der Waals surface area contributed by atoms with Crippen LogP contribution in [0.4, 0.5) is 0 Å². The van der Waals surface area contributed by atoms with Crippen LogP contribution in [0, 0.1) is 0 Å². The summed E-state index contributed by atoms with van der Waals surface area (Å²) in [6.45, 7) is 1.83. The minimum absolute atomic E-state index is 0.168. The Morgan fingerprint density at radius 1 is 1.16 bits per heavy atom. The number of methoxy groups -OCH3 is 2. The number of ether oxygens (including phenoxy) is 2. The van der Waals surface area contributed by atoms with Crippen LogP contribution in [0.5, 0.6) is 11.5 Å². The molecule has 0 bridgehead atoms. The average molecular weight is 263 g/mol. The van der Waals surface area contributed by atoms with Crippen LogP contribution in [0.25, 0.3) is 0 Å². The van der Waals surface area contributed by atoms with Gasteiger partial charge in [-0.2, -0.15) is 0 Å². The first kappa shape index (κ1) is 13.4. The van der Waals surface area contributed by atoms with E-state index in [0.717, 1.165) is 11.1 Å². The Hall–Kier alpha value is -2.04. The third-order valence-electron chi connectivity index (χ3n) is 3.33. The Bertz CT molecular complexity index is 524. The highest BCUT2D eigenvalue weighted by atomic mass is 16.5. The van der Waals surface area contributed by atoms with Gasteiger partial charge in [-0.25, -0.2) is 0 Å². The molecule has 0 saturated carbocycles. The highest BCUT2D eigenvalue weighted by Crippen LogP contribution is 2.32. The molecule has 0 atom stereocenters. The topological polar surface area (TPSA) is 55.8 Å². The molecule has 2 rings (SSSR count). The Morgan fingerprint density at radius 3 is 2.26 bits per heavy atom. The minimum Gasteiger partial charge on any atom is -0.493 e. The van der Waals surface area contributed by atoms with Gasteiger partial charge in [-0.3, -0.25) is 14.5 Å². The first-order valence-electron chi connectivity index (χ1n) is 6.11. The number of amides is 2. The molecule has 0 aromatic heterocycles. The molecule has 19 heavy (non-hydrogen) atoms. The largest absolute Gasteiger partial charge is 0.493 e. The number of carbonyl (C=O) groups is 2. The number of rotatable bonds is 2. The zero-order valence-electron chi connectivity index (χ0n) is 11.4. The molecule has 0 radical (unpaired) electrons. The van der Waals surface area contributed by atoms with E-state index in [2.05, 4.69) is 0 Å². The van der Waals surface area contributed by atoms with Gasteiger partial charge >= 0.3 is 0 Å². The molecule has 1 heterocycles. The summed E-state index contributed by atoms with van der Waals surface area (Å²) in [6.07, 6.45) is 0.857. The van der Waals surface area contributed by atoms with E-state index in [9.17, 15) is 9.59 Å². The molecule has 0 aliphatic carbocycles. The van der Waals surface area contributed by atoms with Crippen LogP contribution in [0.1, 0.15) is 18.1 Å². The number of hydrogen-bond donors (Lipinski definition) is 0. The second-order valence-electron chi connectivity index (χ2n) is 4.47. The second kappa shape index (κ2) is 5.30. The quantitative estimate of drug-likeness (QED) is 0.804. The fourth-order valence-electron chi connectivity index (χ4n) is 2.31. The fraction of sp³-hybridized carbons (Fsp3) is 0.429. The first-order chi connectivity index (χ1) is 9.06. The van der Waals surface area contributed by atoms with Crippen molar-refractivity contribution in [3.8, 4) is 11.5 Å². The highest BCUT2D eigenvalue weighted by Gasteiger charge is 2.24. The maximum Gasteiger partial charge on any atom is 0.233 e. The van der Waals surface area contributed by atoms with Crippen molar-refractivity contribution in [1.29, 1.82) is 0 Å². The lowest BCUT2D eigenvalue weighted by Gasteiger charge is -2.15. The van der Waals surface area contributed by atoms with E-state index < -0.39 is 0 Å². The number of carbonyl (C=O) groups excluding carboxylic acids is 2. The zero-order valence-corrected chi connectivity index (χ0v) is 11.4. The van der Waals surface area contributed by atoms with E-state index >= 15 is 0 Å². The van der Waals surface area contributed by atoms with Gasteiger partial charge in [0.05, 0.1) is 20.6 Å². The van der Waals surface area contributed by atoms with Crippen LogP contribution in [0.15, 0.2) is 12.1 Å². The number of hydrogen-bond acceptors (Lipinski definition) is 4. The molecule has 2 amide bonds. The predicted octanol–water partition coefficient (Wildman–Crippen LogP) is 1.18. The lowest BCUT2D eigenvalue weighted by molar-refractivity contribution is -0.142. The van der Waals surface area contributed by atoms with Crippen molar-refractivity contribution >= 4 is 11.8 Å². The normalized spacial score (nSPS) is 14.7. The number of nitrogens with zero attached hydrogens (tertiary/aromatic N) is 1. The summed E-state index contributed by atoms with van der Waals surface area (Å²) in [5.74, 6) is 0.866. The van der Waals surface area contributed by atoms with Crippen molar-refractivity contribution < 1.29 is 19.1 Å². The molecular weight excluding hydrogens is 246 g/mol. The van der Waals surface area contributed by atoms with Gasteiger partial charge < -0.3 is 9.47 Å². The molecule has 0 saturated heterocycles. The molecule has 0 spiro atoms. The van der Waals surface area contributed by atoms with Gasteiger partial charge in [-0.1, -0.05) is 0 Å². The van der Waals surface area contributed by atoms with E-state index in [-0.39, 0.29) is 18.2 Å². The number of benzene rings is 1. The van der Waals surface area contributed by atoms with Crippen molar-refractivity contribution in [2.75, 3.05) is 20.8 Å². The summed E-state index contributed by atoms with van der Waals surface area (Å²) in [4.78, 5) is 24.7. The molecule has 0 fully saturated rings. The van der Waals surface area contributed by atoms with Gasteiger partial charge in [0, 0.05) is 13.5 Å². The minimum atomic E-state index is -0.211. The van der Waals surface area contributed by atoms with E-state index in [0.29, 0.717) is 24.5 Å². The standard InChI is InChI=1S/C14H17NO4/c1-9(16)15-5-4-10-6-12(18-2)13(19-3)7-11(10)8-14(15)17/h6-7H,4-5,8H2,1-3H3. The van der Waals surface area contributed by atoms with Gasteiger partial charge in [-0.05, 0) is 29.7 Å². The highest BCUT2D eigenvalue weighted by molar-refractivity contribution is 5.95. The van der Waals surface area contributed by atoms with E-state index in [1.807, 2.05) is 12.1 Å². The molecule has 1 aromatic rings. The van der Waals surface area contributed by atoms with Crippen molar-refractivity contribution in [2.45, 2.75) is 19.8 Å². The summed E-state index contributed by atoms with van der Waals surface area (Å²) in [5.41, 5.74) is 1.92. The maximum absolute atomic E-state index is 12.0. The summed E-state index contributed by atoms with van der Waals surface area (Å²) in [5, 5.41) is 0. The second-order valence-corrected chi connectivity index (χ2v) is 4.47. The lowest BCUT2D eigenvalue weighted by Crippen LogP contribution is -2.36. The molecule has 5 heteroatoms. The SMILES string of the molecule is COc1cc2c(cc1OC)CC(=O)N(C(C)=O)CC2. The van der Waals surface area contributed by atoms with Gasteiger partial charge in [0.1, 0.15) is 0 Å². The van der Waals surface area contributed by atoms with E-state index in [1.54, 1.807) is 14.2 Å². The molecular formula is C14H17NO4. The third kappa shape index (κ3) is 2.54. The predicted molar refractivity (Wildman–Crippen MR) is 69.3 cm³/mol.